The van der Waals surface area contributed by atoms with Gasteiger partial charge in [0.25, 0.3) is 0 Å². The van der Waals surface area contributed by atoms with E-state index in [1.165, 1.54) is 0 Å². The molecule has 1 amide bonds. The molecule has 2 atom stereocenters. The summed E-state index contributed by atoms with van der Waals surface area (Å²) in [7, 11) is 0. The Morgan fingerprint density at radius 2 is 1.62 bits per heavy atom. The van der Waals surface area contributed by atoms with Gasteiger partial charge in [0.05, 0.1) is 0 Å². The maximum Gasteiger partial charge on any atom is 0.332 e. The van der Waals surface area contributed by atoms with Crippen LogP contribution in [0.1, 0.15) is 53.4 Å². The molecule has 0 aromatic heterocycles. The highest BCUT2D eigenvalue weighted by molar-refractivity contribution is 5.82. The maximum atomic E-state index is 12.3. The molecule has 6 nitrogen and oxygen atoms in total. The van der Waals surface area contributed by atoms with Gasteiger partial charge in [0, 0.05) is 17.1 Å². The van der Waals surface area contributed by atoms with E-state index in [2.05, 4.69) is 38.3 Å². The van der Waals surface area contributed by atoms with Crippen molar-refractivity contribution in [3.63, 3.8) is 0 Å². The number of aliphatic carboxylic acids is 1. The zero-order chi connectivity index (χ0) is 15.8. The first kappa shape index (κ1) is 16.2. The highest BCUT2D eigenvalue weighted by atomic mass is 16.5. The van der Waals surface area contributed by atoms with Gasteiger partial charge in [-0.3, -0.25) is 4.79 Å². The van der Waals surface area contributed by atoms with E-state index in [0.717, 1.165) is 12.8 Å². The molecular formula is C15H26N2O4. The van der Waals surface area contributed by atoms with E-state index in [0.29, 0.717) is 12.8 Å². The Morgan fingerprint density at radius 1 is 1.10 bits per heavy atom. The number of ether oxygens (including phenoxy) is 1. The molecule has 2 aliphatic heterocycles. The number of hydrogen-bond donors (Lipinski definition) is 3. The van der Waals surface area contributed by atoms with Crippen LogP contribution < -0.4 is 10.6 Å². The Hall–Kier alpha value is -1.14. The Kier molecular flexibility index (Phi) is 4.31. The summed E-state index contributed by atoms with van der Waals surface area (Å²) in [6.07, 6.45) is 1.08. The van der Waals surface area contributed by atoms with Crippen LogP contribution in [0.3, 0.4) is 0 Å². The van der Waals surface area contributed by atoms with Crippen molar-refractivity contribution in [3.05, 3.63) is 0 Å². The molecule has 120 valence electrons. The minimum absolute atomic E-state index is 0.0418. The summed E-state index contributed by atoms with van der Waals surface area (Å²) in [6.45, 7) is 8.50. The smallest absolute Gasteiger partial charge is 0.332 e. The third-order valence-electron chi connectivity index (χ3n) is 4.12. The fraction of sp³-hybridized carbons (Fsp3) is 0.867. The normalized spacial score (nSPS) is 31.8. The van der Waals surface area contributed by atoms with Gasteiger partial charge in [-0.05, 0) is 53.4 Å². The molecule has 0 spiro atoms. The summed E-state index contributed by atoms with van der Waals surface area (Å²) in [6, 6.07) is 0.0798. The average Bonchev–Trinajstić information content (AvgIpc) is 2.72. The van der Waals surface area contributed by atoms with Crippen LogP contribution in [0, 0.1) is 0 Å². The number of carboxylic acids is 1. The van der Waals surface area contributed by atoms with Crippen molar-refractivity contribution < 1.29 is 19.4 Å². The van der Waals surface area contributed by atoms with E-state index in [1.54, 1.807) is 0 Å². The van der Waals surface area contributed by atoms with Crippen LogP contribution in [-0.2, 0) is 14.3 Å². The number of carbonyl (C=O) groups excluding carboxylic acids is 1. The zero-order valence-corrected chi connectivity index (χ0v) is 13.2. The minimum atomic E-state index is -0.991. The molecule has 0 saturated carbocycles. The molecule has 21 heavy (non-hydrogen) atoms. The molecule has 2 saturated heterocycles. The van der Waals surface area contributed by atoms with Crippen molar-refractivity contribution in [2.45, 2.75) is 82.7 Å². The Balaban J connectivity index is 1.92. The van der Waals surface area contributed by atoms with Crippen molar-refractivity contribution in [2.24, 2.45) is 0 Å². The molecular weight excluding hydrogens is 272 g/mol. The molecule has 0 radical (unpaired) electrons. The lowest BCUT2D eigenvalue weighted by molar-refractivity contribution is -0.152. The summed E-state index contributed by atoms with van der Waals surface area (Å²) < 4.78 is 5.30. The van der Waals surface area contributed by atoms with Crippen molar-refractivity contribution in [3.8, 4) is 0 Å². The molecule has 0 bridgehead atoms. The van der Waals surface area contributed by atoms with Crippen molar-refractivity contribution >= 4 is 11.9 Å². The number of rotatable bonds is 3. The summed E-state index contributed by atoms with van der Waals surface area (Å²) in [5, 5.41) is 15.5. The SMILES string of the molecule is CC1(C)CC(NC(=O)C2CCC(C(=O)O)O2)CC(C)(C)N1. The van der Waals surface area contributed by atoms with Crippen LogP contribution in [0.15, 0.2) is 0 Å². The molecule has 6 heteroatoms. The highest BCUT2D eigenvalue weighted by Crippen LogP contribution is 2.29. The van der Waals surface area contributed by atoms with Crippen LogP contribution in [0.25, 0.3) is 0 Å². The van der Waals surface area contributed by atoms with Crippen LogP contribution in [0.4, 0.5) is 0 Å². The standard InChI is InChI=1S/C15H26N2O4/c1-14(2)7-9(8-15(3,4)17-14)16-12(18)10-5-6-11(21-10)13(19)20/h9-11,17H,5-8H2,1-4H3,(H,16,18)(H,19,20). The van der Waals surface area contributed by atoms with Crippen molar-refractivity contribution in [1.29, 1.82) is 0 Å². The number of carboxylic acid groups (broad SMARTS) is 1. The highest BCUT2D eigenvalue weighted by Gasteiger charge is 2.40. The van der Waals surface area contributed by atoms with Gasteiger partial charge in [-0.25, -0.2) is 4.79 Å². The number of carbonyl (C=O) groups is 2. The molecule has 2 aliphatic rings. The lowest BCUT2D eigenvalue weighted by Crippen LogP contribution is -2.62. The molecule has 0 aromatic carbocycles. The van der Waals surface area contributed by atoms with E-state index < -0.39 is 18.2 Å². The second-order valence-electron chi connectivity index (χ2n) is 7.54. The van der Waals surface area contributed by atoms with Gasteiger partial charge in [-0.15, -0.1) is 0 Å². The van der Waals surface area contributed by atoms with Crippen LogP contribution in [0.5, 0.6) is 0 Å². The number of hydrogen-bond acceptors (Lipinski definition) is 4. The first-order chi connectivity index (χ1) is 9.58. The predicted molar refractivity (Wildman–Crippen MR) is 78.0 cm³/mol. The Labute approximate surface area is 125 Å². The topological polar surface area (TPSA) is 87.7 Å². The van der Waals surface area contributed by atoms with E-state index in [1.807, 2.05) is 0 Å². The van der Waals surface area contributed by atoms with Gasteiger partial charge in [-0.2, -0.15) is 0 Å². The average molecular weight is 298 g/mol. The third kappa shape index (κ3) is 4.17. The monoisotopic (exact) mass is 298 g/mol. The van der Waals surface area contributed by atoms with Crippen molar-refractivity contribution in [1.82, 2.24) is 10.6 Å². The quantitative estimate of drug-likeness (QED) is 0.725. The fourth-order valence-electron chi connectivity index (χ4n) is 3.73. The number of piperidine rings is 1. The van der Waals surface area contributed by atoms with Gasteiger partial charge in [-0.1, -0.05) is 0 Å². The zero-order valence-electron chi connectivity index (χ0n) is 13.2. The molecule has 0 aliphatic carbocycles. The van der Waals surface area contributed by atoms with Gasteiger partial charge < -0.3 is 20.5 Å². The first-order valence-corrected chi connectivity index (χ1v) is 7.56. The van der Waals surface area contributed by atoms with Crippen LogP contribution in [-0.4, -0.2) is 46.3 Å². The van der Waals surface area contributed by atoms with E-state index in [4.69, 9.17) is 9.84 Å². The first-order valence-electron chi connectivity index (χ1n) is 7.56. The van der Waals surface area contributed by atoms with Crippen LogP contribution in [0.2, 0.25) is 0 Å². The summed E-state index contributed by atoms with van der Waals surface area (Å²) in [5.74, 6) is -1.17. The van der Waals surface area contributed by atoms with E-state index in [-0.39, 0.29) is 23.0 Å². The summed E-state index contributed by atoms with van der Waals surface area (Å²) >= 11 is 0. The van der Waals surface area contributed by atoms with Gasteiger partial charge in [0.2, 0.25) is 5.91 Å². The Bertz CT molecular complexity index is 417. The lowest BCUT2D eigenvalue weighted by atomic mass is 9.79. The summed E-state index contributed by atoms with van der Waals surface area (Å²) in [5.41, 5.74) is -0.0837. The minimum Gasteiger partial charge on any atom is -0.479 e. The maximum absolute atomic E-state index is 12.3. The second-order valence-corrected chi connectivity index (χ2v) is 7.54. The third-order valence-corrected chi connectivity index (χ3v) is 4.12. The molecule has 0 aromatic rings. The van der Waals surface area contributed by atoms with E-state index >= 15 is 0 Å². The molecule has 2 rings (SSSR count). The molecule has 2 unspecified atom stereocenters. The fourth-order valence-corrected chi connectivity index (χ4v) is 3.73. The largest absolute Gasteiger partial charge is 0.479 e. The molecule has 2 heterocycles. The van der Waals surface area contributed by atoms with Gasteiger partial charge in [0.15, 0.2) is 6.10 Å². The number of amides is 1. The van der Waals surface area contributed by atoms with Gasteiger partial charge >= 0.3 is 5.97 Å². The van der Waals surface area contributed by atoms with Gasteiger partial charge in [0.1, 0.15) is 6.10 Å². The second kappa shape index (κ2) is 5.57. The number of nitrogens with one attached hydrogen (secondary N) is 2. The van der Waals surface area contributed by atoms with Crippen molar-refractivity contribution in [2.75, 3.05) is 0 Å². The molecule has 3 N–H and O–H groups in total. The van der Waals surface area contributed by atoms with Crippen LogP contribution >= 0.6 is 0 Å². The Morgan fingerprint density at radius 3 is 2.10 bits per heavy atom. The lowest BCUT2D eigenvalue weighted by Gasteiger charge is -2.46. The predicted octanol–water partition coefficient (Wildman–Crippen LogP) is 1.04. The van der Waals surface area contributed by atoms with E-state index in [9.17, 15) is 9.59 Å². The molecule has 2 fully saturated rings. The summed E-state index contributed by atoms with van der Waals surface area (Å²) in [4.78, 5) is 23.1.